The summed E-state index contributed by atoms with van der Waals surface area (Å²) in [4.78, 5) is 0. The van der Waals surface area contributed by atoms with Crippen LogP contribution in [0.4, 0.5) is 0 Å². The molecule has 0 unspecified atom stereocenters. The molecule has 2 N–H and O–H groups in total. The molecule has 49 valence electrons. The first-order valence-corrected chi connectivity index (χ1v) is 3.00. The number of dihydropyridines is 1. The van der Waals surface area contributed by atoms with E-state index in [2.05, 4.69) is 5.32 Å². The third-order valence-electron chi connectivity index (χ3n) is 1.15. The minimum absolute atomic E-state index is 0.209. The van der Waals surface area contributed by atoms with Crippen molar-refractivity contribution in [2.75, 3.05) is 6.61 Å². The van der Waals surface area contributed by atoms with E-state index in [9.17, 15) is 0 Å². The fourth-order valence-corrected chi connectivity index (χ4v) is 0.706. The van der Waals surface area contributed by atoms with Crippen LogP contribution in [0.25, 0.3) is 0 Å². The van der Waals surface area contributed by atoms with Crippen LogP contribution in [0.3, 0.4) is 0 Å². The highest BCUT2D eigenvalue weighted by molar-refractivity contribution is 5.20. The molecule has 0 saturated carbocycles. The molecule has 1 heterocycles. The van der Waals surface area contributed by atoms with Crippen molar-refractivity contribution in [3.8, 4) is 0 Å². The molecule has 1 aliphatic heterocycles. The van der Waals surface area contributed by atoms with Gasteiger partial charge in [0.05, 0.1) is 6.04 Å². The lowest BCUT2D eigenvalue weighted by atomic mass is 10.2. The Kier molecular flexibility index (Phi) is 2.33. The van der Waals surface area contributed by atoms with Crippen molar-refractivity contribution in [1.29, 1.82) is 0 Å². The minimum Gasteiger partial charge on any atom is -0.396 e. The first kappa shape index (κ1) is 6.36. The molecular formula is C7H10NO. The molecule has 9 heavy (non-hydrogen) atoms. The first-order valence-electron chi connectivity index (χ1n) is 3.00. The molecule has 0 aromatic rings. The molecule has 2 heteroatoms. The van der Waals surface area contributed by atoms with E-state index in [1.807, 2.05) is 24.4 Å². The summed E-state index contributed by atoms with van der Waals surface area (Å²) in [5.74, 6) is 0. The minimum atomic E-state index is 0.209. The molecule has 2 nitrogen and oxygen atoms in total. The van der Waals surface area contributed by atoms with Gasteiger partial charge in [-0.15, -0.1) is 0 Å². The van der Waals surface area contributed by atoms with Crippen LogP contribution in [0.2, 0.25) is 0 Å². The van der Waals surface area contributed by atoms with Gasteiger partial charge in [0, 0.05) is 6.61 Å². The maximum atomic E-state index is 8.50. The molecule has 0 bridgehead atoms. The van der Waals surface area contributed by atoms with Crippen molar-refractivity contribution < 1.29 is 5.11 Å². The molecule has 0 amide bonds. The predicted molar refractivity (Wildman–Crippen MR) is 36.4 cm³/mol. The molecule has 1 rings (SSSR count). The van der Waals surface area contributed by atoms with Crippen LogP contribution in [0.1, 0.15) is 6.42 Å². The smallest absolute Gasteiger partial charge is 0.0843 e. The summed E-state index contributed by atoms with van der Waals surface area (Å²) in [5, 5.41) is 11.5. The van der Waals surface area contributed by atoms with Gasteiger partial charge in [0.15, 0.2) is 0 Å². The average Bonchev–Trinajstić information content (AvgIpc) is 1.91. The van der Waals surface area contributed by atoms with Gasteiger partial charge in [0.2, 0.25) is 0 Å². The second-order valence-electron chi connectivity index (χ2n) is 1.86. The number of hydrogen-bond donors (Lipinski definition) is 2. The van der Waals surface area contributed by atoms with Crippen molar-refractivity contribution in [2.24, 2.45) is 0 Å². The van der Waals surface area contributed by atoms with Gasteiger partial charge >= 0.3 is 0 Å². The van der Waals surface area contributed by atoms with Gasteiger partial charge < -0.3 is 10.4 Å². The quantitative estimate of drug-likeness (QED) is 0.564. The lowest BCUT2D eigenvalue weighted by Gasteiger charge is -2.11. The number of aliphatic hydroxyl groups excluding tert-OH is 1. The zero-order valence-electron chi connectivity index (χ0n) is 5.17. The van der Waals surface area contributed by atoms with Gasteiger partial charge in [0.25, 0.3) is 0 Å². The van der Waals surface area contributed by atoms with Gasteiger partial charge in [0.1, 0.15) is 0 Å². The Morgan fingerprint density at radius 2 is 2.33 bits per heavy atom. The highest BCUT2D eigenvalue weighted by atomic mass is 16.3. The molecule has 0 aliphatic carbocycles. The van der Waals surface area contributed by atoms with Gasteiger partial charge in [-0.2, -0.15) is 0 Å². The van der Waals surface area contributed by atoms with E-state index in [1.54, 1.807) is 0 Å². The zero-order valence-corrected chi connectivity index (χ0v) is 5.17. The van der Waals surface area contributed by atoms with Gasteiger partial charge in [-0.1, -0.05) is 12.2 Å². The van der Waals surface area contributed by atoms with Crippen molar-refractivity contribution >= 4 is 0 Å². The second kappa shape index (κ2) is 3.30. The zero-order chi connectivity index (χ0) is 6.53. The Morgan fingerprint density at radius 1 is 1.44 bits per heavy atom. The fourth-order valence-electron chi connectivity index (χ4n) is 0.706. The third-order valence-corrected chi connectivity index (χ3v) is 1.15. The summed E-state index contributed by atoms with van der Waals surface area (Å²) in [6.45, 7) is 0.209. The Balaban J connectivity index is 2.28. The molecule has 0 atom stereocenters. The van der Waals surface area contributed by atoms with E-state index in [0.717, 1.165) is 6.04 Å². The van der Waals surface area contributed by atoms with E-state index in [1.165, 1.54) is 0 Å². The Morgan fingerprint density at radius 3 is 2.89 bits per heavy atom. The third kappa shape index (κ3) is 1.90. The van der Waals surface area contributed by atoms with Crippen LogP contribution in [0.15, 0.2) is 24.4 Å². The summed E-state index contributed by atoms with van der Waals surface area (Å²) in [6, 6.07) is 1.07. The van der Waals surface area contributed by atoms with Crippen LogP contribution < -0.4 is 5.32 Å². The molecule has 0 aromatic carbocycles. The topological polar surface area (TPSA) is 32.3 Å². The van der Waals surface area contributed by atoms with Gasteiger partial charge in [-0.3, -0.25) is 0 Å². The number of nitrogens with one attached hydrogen (secondary N) is 1. The highest BCUT2D eigenvalue weighted by Crippen LogP contribution is 2.05. The first-order chi connectivity index (χ1) is 4.43. The summed E-state index contributed by atoms with van der Waals surface area (Å²) in [6.07, 6.45) is 8.38. The molecule has 0 spiro atoms. The molecule has 0 aromatic heterocycles. The SMILES string of the molecule is OCC[C]1C=CC=CN1. The van der Waals surface area contributed by atoms with Crippen molar-refractivity contribution in [1.82, 2.24) is 5.32 Å². The fraction of sp³-hybridized carbons (Fsp3) is 0.286. The van der Waals surface area contributed by atoms with Gasteiger partial charge in [-0.25, -0.2) is 0 Å². The van der Waals surface area contributed by atoms with Crippen molar-refractivity contribution in [3.05, 3.63) is 30.5 Å². The van der Waals surface area contributed by atoms with E-state index in [-0.39, 0.29) is 6.61 Å². The number of rotatable bonds is 2. The standard InChI is InChI=1S/C7H10NO/c9-6-4-7-3-1-2-5-8-7/h1-3,5,8-9H,4,6H2. The van der Waals surface area contributed by atoms with E-state index in [0.29, 0.717) is 6.42 Å². The van der Waals surface area contributed by atoms with Crippen LogP contribution in [0.5, 0.6) is 0 Å². The van der Waals surface area contributed by atoms with E-state index in [4.69, 9.17) is 5.11 Å². The van der Waals surface area contributed by atoms with Crippen LogP contribution in [-0.4, -0.2) is 11.7 Å². The summed E-state index contributed by atoms with van der Waals surface area (Å²) >= 11 is 0. The Labute approximate surface area is 54.9 Å². The molecule has 0 fully saturated rings. The Hall–Kier alpha value is -0.760. The predicted octanol–water partition coefficient (Wildman–Crippen LogP) is 0.574. The summed E-state index contributed by atoms with van der Waals surface area (Å²) in [5.41, 5.74) is 0. The second-order valence-corrected chi connectivity index (χ2v) is 1.86. The molecule has 1 radical (unpaired) electrons. The molecule has 0 saturated heterocycles. The lowest BCUT2D eigenvalue weighted by Crippen LogP contribution is -2.15. The van der Waals surface area contributed by atoms with Crippen LogP contribution in [0, 0.1) is 6.04 Å². The monoisotopic (exact) mass is 124 g/mol. The normalized spacial score (nSPS) is 17.9. The van der Waals surface area contributed by atoms with Crippen LogP contribution in [-0.2, 0) is 0 Å². The average molecular weight is 124 g/mol. The molecular weight excluding hydrogens is 114 g/mol. The number of allylic oxidation sites excluding steroid dienone is 2. The van der Waals surface area contributed by atoms with E-state index >= 15 is 0 Å². The maximum absolute atomic E-state index is 8.50. The van der Waals surface area contributed by atoms with Crippen molar-refractivity contribution in [3.63, 3.8) is 0 Å². The molecule has 1 aliphatic rings. The van der Waals surface area contributed by atoms with Crippen LogP contribution >= 0.6 is 0 Å². The number of aliphatic hydroxyl groups is 1. The summed E-state index contributed by atoms with van der Waals surface area (Å²) < 4.78 is 0. The van der Waals surface area contributed by atoms with E-state index < -0.39 is 0 Å². The van der Waals surface area contributed by atoms with Gasteiger partial charge in [-0.05, 0) is 18.7 Å². The summed E-state index contributed by atoms with van der Waals surface area (Å²) in [7, 11) is 0. The lowest BCUT2D eigenvalue weighted by molar-refractivity contribution is 0.291. The largest absolute Gasteiger partial charge is 0.396 e. The number of hydrogen-bond acceptors (Lipinski definition) is 2. The highest BCUT2D eigenvalue weighted by Gasteiger charge is 2.01. The maximum Gasteiger partial charge on any atom is 0.0843 e. The van der Waals surface area contributed by atoms with Crippen molar-refractivity contribution in [2.45, 2.75) is 6.42 Å². The Bertz CT molecular complexity index is 129.